The number of ether oxygens (including phenoxy) is 1. The summed E-state index contributed by atoms with van der Waals surface area (Å²) in [6, 6.07) is 8.81. The lowest BCUT2D eigenvalue weighted by molar-refractivity contribution is 0.415. The van der Waals surface area contributed by atoms with Gasteiger partial charge < -0.3 is 10.5 Å². The maximum atomic E-state index is 13.5. The third kappa shape index (κ3) is 3.27. The first-order chi connectivity index (χ1) is 8.97. The van der Waals surface area contributed by atoms with Crippen LogP contribution in [0.2, 0.25) is 0 Å². The molecule has 0 saturated heterocycles. The van der Waals surface area contributed by atoms with Crippen LogP contribution in [0.1, 0.15) is 5.56 Å². The van der Waals surface area contributed by atoms with E-state index in [1.165, 1.54) is 6.07 Å². The highest BCUT2D eigenvalue weighted by Crippen LogP contribution is 2.29. The molecule has 2 aromatic carbocycles. The number of benzene rings is 2. The Labute approximate surface area is 122 Å². The van der Waals surface area contributed by atoms with E-state index in [9.17, 15) is 8.78 Å². The van der Waals surface area contributed by atoms with Crippen LogP contribution in [0.5, 0.6) is 11.5 Å². The van der Waals surface area contributed by atoms with E-state index in [0.717, 1.165) is 6.07 Å². The van der Waals surface area contributed by atoms with Gasteiger partial charge in [-0.1, -0.05) is 28.1 Å². The maximum Gasteiger partial charge on any atom is 0.201 e. The molecule has 2 rings (SSSR count). The molecule has 6 heteroatoms. The Morgan fingerprint density at radius 3 is 2.37 bits per heavy atom. The Kier molecular flexibility index (Phi) is 4.11. The average Bonchev–Trinajstić information content (AvgIpc) is 2.36. The smallest absolute Gasteiger partial charge is 0.201 e. The van der Waals surface area contributed by atoms with Crippen molar-refractivity contribution in [1.29, 1.82) is 0 Å². The fourth-order valence-corrected chi connectivity index (χ4v) is 1.97. The van der Waals surface area contributed by atoms with Gasteiger partial charge in [-0.15, -0.1) is 0 Å². The van der Waals surface area contributed by atoms with Crippen molar-refractivity contribution in [3.8, 4) is 11.5 Å². The van der Waals surface area contributed by atoms with Crippen LogP contribution in [0, 0.1) is 11.6 Å². The Morgan fingerprint density at radius 2 is 1.79 bits per heavy atom. The molecule has 0 radical (unpaired) electrons. The summed E-state index contributed by atoms with van der Waals surface area (Å²) in [5, 5.41) is 0. The van der Waals surface area contributed by atoms with E-state index >= 15 is 0 Å². The van der Waals surface area contributed by atoms with Gasteiger partial charge in [0.25, 0.3) is 0 Å². The summed E-state index contributed by atoms with van der Waals surface area (Å²) >= 11 is 7.88. The molecule has 0 fully saturated rings. The summed E-state index contributed by atoms with van der Waals surface area (Å²) in [6.07, 6.45) is 0. The molecular weight excluding hydrogens is 336 g/mol. The van der Waals surface area contributed by atoms with Crippen LogP contribution in [-0.2, 0) is 0 Å². The molecule has 0 amide bonds. The minimum atomic E-state index is -1.04. The van der Waals surface area contributed by atoms with E-state index in [1.54, 1.807) is 24.3 Å². The molecule has 98 valence electrons. The minimum Gasteiger partial charge on any atom is -0.454 e. The Bertz CT molecular complexity index is 631. The molecule has 0 aliphatic carbocycles. The van der Waals surface area contributed by atoms with Crippen LogP contribution in [0.25, 0.3) is 0 Å². The summed E-state index contributed by atoms with van der Waals surface area (Å²) in [7, 11) is 0. The van der Waals surface area contributed by atoms with Crippen molar-refractivity contribution in [3.63, 3.8) is 0 Å². The third-order valence-electron chi connectivity index (χ3n) is 2.33. The Morgan fingerprint density at radius 1 is 1.16 bits per heavy atom. The molecule has 2 N–H and O–H groups in total. The van der Waals surface area contributed by atoms with Gasteiger partial charge in [-0.05, 0) is 36.4 Å². The van der Waals surface area contributed by atoms with Crippen molar-refractivity contribution in [2.24, 2.45) is 5.73 Å². The summed E-state index contributed by atoms with van der Waals surface area (Å²) in [5.41, 5.74) is 6.12. The van der Waals surface area contributed by atoms with Gasteiger partial charge in [0.1, 0.15) is 10.7 Å². The molecule has 0 aromatic heterocycles. The van der Waals surface area contributed by atoms with Crippen molar-refractivity contribution in [3.05, 3.63) is 58.1 Å². The lowest BCUT2D eigenvalue weighted by Gasteiger charge is -2.08. The number of thiocarbonyl (C=S) groups is 1. The van der Waals surface area contributed by atoms with Crippen LogP contribution >= 0.6 is 28.1 Å². The fourth-order valence-electron chi connectivity index (χ4n) is 1.42. The van der Waals surface area contributed by atoms with E-state index in [-0.39, 0.29) is 10.7 Å². The highest BCUT2D eigenvalue weighted by Gasteiger charge is 2.12. The normalized spacial score (nSPS) is 10.3. The SMILES string of the molecule is NC(=S)c1ccc(Oc2cc(Br)cc(F)c2F)cc1. The van der Waals surface area contributed by atoms with Gasteiger partial charge in [-0.3, -0.25) is 0 Å². The van der Waals surface area contributed by atoms with Gasteiger partial charge in [-0.25, -0.2) is 4.39 Å². The second-order valence-electron chi connectivity index (χ2n) is 3.69. The standard InChI is InChI=1S/C13H8BrF2NOS/c14-8-5-10(15)12(16)11(6-8)18-9-3-1-7(2-4-9)13(17)19/h1-6H,(H2,17,19). The predicted octanol–water partition coefficient (Wildman–Crippen LogP) is 4.15. The second-order valence-corrected chi connectivity index (χ2v) is 5.05. The lowest BCUT2D eigenvalue weighted by Crippen LogP contribution is -2.08. The molecule has 0 spiro atoms. The van der Waals surface area contributed by atoms with Crippen LogP contribution in [0.3, 0.4) is 0 Å². The minimum absolute atomic E-state index is 0.199. The monoisotopic (exact) mass is 343 g/mol. The first-order valence-corrected chi connectivity index (χ1v) is 6.40. The van der Waals surface area contributed by atoms with E-state index in [2.05, 4.69) is 15.9 Å². The quantitative estimate of drug-likeness (QED) is 0.671. The molecule has 0 aliphatic rings. The Balaban J connectivity index is 2.28. The number of hydrogen-bond donors (Lipinski definition) is 1. The number of rotatable bonds is 3. The van der Waals surface area contributed by atoms with Crippen LogP contribution < -0.4 is 10.5 Å². The van der Waals surface area contributed by atoms with Crippen LogP contribution in [0.15, 0.2) is 40.9 Å². The summed E-state index contributed by atoms with van der Waals surface area (Å²) in [4.78, 5) is 0.256. The van der Waals surface area contributed by atoms with Gasteiger partial charge >= 0.3 is 0 Å². The molecule has 2 aromatic rings. The van der Waals surface area contributed by atoms with E-state index < -0.39 is 11.6 Å². The summed E-state index contributed by atoms with van der Waals surface area (Å²) in [6.45, 7) is 0. The van der Waals surface area contributed by atoms with Crippen LogP contribution in [-0.4, -0.2) is 4.99 Å². The second kappa shape index (κ2) is 5.63. The molecule has 0 unspecified atom stereocenters. The molecular formula is C13H8BrF2NOS. The molecule has 0 heterocycles. The van der Waals surface area contributed by atoms with Crippen molar-refractivity contribution in [2.75, 3.05) is 0 Å². The molecule has 2 nitrogen and oxygen atoms in total. The van der Waals surface area contributed by atoms with Crippen molar-refractivity contribution >= 4 is 33.1 Å². The first kappa shape index (κ1) is 13.9. The number of hydrogen-bond acceptors (Lipinski definition) is 2. The highest BCUT2D eigenvalue weighted by atomic mass is 79.9. The molecule has 0 aliphatic heterocycles. The highest BCUT2D eigenvalue weighted by molar-refractivity contribution is 9.10. The third-order valence-corrected chi connectivity index (χ3v) is 3.02. The van der Waals surface area contributed by atoms with E-state index in [4.69, 9.17) is 22.7 Å². The lowest BCUT2D eigenvalue weighted by atomic mass is 10.2. The van der Waals surface area contributed by atoms with E-state index in [1.807, 2.05) is 0 Å². The summed E-state index contributed by atoms with van der Waals surface area (Å²) in [5.74, 6) is -1.86. The van der Waals surface area contributed by atoms with Gasteiger partial charge in [0.05, 0.1) is 0 Å². The van der Waals surface area contributed by atoms with Gasteiger partial charge in [-0.2, -0.15) is 4.39 Å². The Hall–Kier alpha value is -1.53. The van der Waals surface area contributed by atoms with Gasteiger partial charge in [0.2, 0.25) is 5.82 Å². The molecule has 0 atom stereocenters. The molecule has 0 saturated carbocycles. The van der Waals surface area contributed by atoms with Gasteiger partial charge in [0.15, 0.2) is 11.6 Å². The zero-order valence-electron chi connectivity index (χ0n) is 9.49. The number of halogens is 3. The fraction of sp³-hybridized carbons (Fsp3) is 0. The van der Waals surface area contributed by atoms with Crippen LogP contribution in [0.4, 0.5) is 8.78 Å². The van der Waals surface area contributed by atoms with Crippen molar-refractivity contribution < 1.29 is 13.5 Å². The van der Waals surface area contributed by atoms with E-state index in [0.29, 0.717) is 15.8 Å². The predicted molar refractivity (Wildman–Crippen MR) is 76.5 cm³/mol. The summed E-state index contributed by atoms with van der Waals surface area (Å²) < 4.78 is 32.4. The van der Waals surface area contributed by atoms with Crippen molar-refractivity contribution in [2.45, 2.75) is 0 Å². The van der Waals surface area contributed by atoms with Gasteiger partial charge in [0, 0.05) is 10.0 Å². The van der Waals surface area contributed by atoms with Crippen molar-refractivity contribution in [1.82, 2.24) is 0 Å². The first-order valence-electron chi connectivity index (χ1n) is 5.19. The number of nitrogens with two attached hydrogens (primary N) is 1. The maximum absolute atomic E-state index is 13.5. The zero-order chi connectivity index (χ0) is 14.0. The topological polar surface area (TPSA) is 35.2 Å². The molecule has 0 bridgehead atoms. The molecule has 19 heavy (non-hydrogen) atoms. The zero-order valence-corrected chi connectivity index (χ0v) is 11.9. The largest absolute Gasteiger partial charge is 0.454 e. The average molecular weight is 344 g/mol.